The van der Waals surface area contributed by atoms with Gasteiger partial charge >= 0.3 is 12.1 Å². The molecule has 10 heteroatoms. The number of esters is 1. The number of nitrogens with zero attached hydrogens (tertiary/aromatic N) is 1. The third-order valence-electron chi connectivity index (χ3n) is 1.87. The Kier molecular flexibility index (Phi) is 5.08. The lowest BCUT2D eigenvalue weighted by atomic mass is 10.2. The lowest BCUT2D eigenvalue weighted by Gasteiger charge is -2.05. The number of ether oxygens (including phenoxy) is 1. The summed E-state index contributed by atoms with van der Waals surface area (Å²) >= 11 is 4.45. The molecule has 0 fully saturated rings. The average Bonchev–Trinajstić information content (AvgIpc) is 2.73. The van der Waals surface area contributed by atoms with E-state index < -0.39 is 23.5 Å². The third kappa shape index (κ3) is 4.23. The summed E-state index contributed by atoms with van der Waals surface area (Å²) in [6.07, 6.45) is -3.93. The zero-order valence-electron chi connectivity index (χ0n) is 10.2. The Labute approximate surface area is 116 Å². The van der Waals surface area contributed by atoms with Crippen LogP contribution in [0.25, 0.3) is 0 Å². The lowest BCUT2D eigenvalue weighted by Crippen LogP contribution is -2.23. The molecule has 0 saturated heterocycles. The van der Waals surface area contributed by atoms with Crippen molar-refractivity contribution in [2.24, 2.45) is 10.8 Å². The van der Waals surface area contributed by atoms with E-state index in [4.69, 9.17) is 5.73 Å². The largest absolute Gasteiger partial charge is 0.462 e. The van der Waals surface area contributed by atoms with Gasteiger partial charge in [-0.25, -0.2) is 4.79 Å². The van der Waals surface area contributed by atoms with Crippen molar-refractivity contribution < 1.29 is 27.1 Å². The minimum absolute atomic E-state index is 0.0618. The topological polar surface area (TPSA) is 89.8 Å². The van der Waals surface area contributed by atoms with Gasteiger partial charge < -0.3 is 14.9 Å². The van der Waals surface area contributed by atoms with Crippen LogP contribution in [0.4, 0.5) is 13.2 Å². The second-order valence-electron chi connectivity index (χ2n) is 3.34. The first-order chi connectivity index (χ1) is 9.25. The third-order valence-corrected chi connectivity index (χ3v) is 1.96. The molecule has 110 valence electrons. The maximum absolute atomic E-state index is 12.7. The van der Waals surface area contributed by atoms with Gasteiger partial charge in [-0.2, -0.15) is 18.3 Å². The molecule has 0 saturated carbocycles. The maximum atomic E-state index is 12.7. The number of nitrogens with two attached hydrogens (primary N) is 1. The van der Waals surface area contributed by atoms with Gasteiger partial charge in [0.15, 0.2) is 5.11 Å². The molecule has 0 spiro atoms. The summed E-state index contributed by atoms with van der Waals surface area (Å²) in [5, 5.41) is 3.26. The number of hydrogen-bond donors (Lipinski definition) is 2. The van der Waals surface area contributed by atoms with Crippen LogP contribution < -0.4 is 11.2 Å². The zero-order valence-corrected chi connectivity index (χ0v) is 11.0. The van der Waals surface area contributed by atoms with Crippen LogP contribution in [0.1, 0.15) is 28.8 Å². The number of furan rings is 1. The number of alkyl halides is 3. The van der Waals surface area contributed by atoms with Gasteiger partial charge in [0.05, 0.1) is 12.8 Å². The molecule has 0 aliphatic carbocycles. The summed E-state index contributed by atoms with van der Waals surface area (Å²) in [6.45, 7) is 1.41. The van der Waals surface area contributed by atoms with Gasteiger partial charge in [-0.15, -0.1) is 0 Å². The fourth-order valence-corrected chi connectivity index (χ4v) is 1.26. The van der Waals surface area contributed by atoms with Crippen molar-refractivity contribution in [1.29, 1.82) is 0 Å². The van der Waals surface area contributed by atoms with E-state index in [1.807, 2.05) is 0 Å². The van der Waals surface area contributed by atoms with Crippen molar-refractivity contribution in [3.63, 3.8) is 0 Å². The van der Waals surface area contributed by atoms with E-state index in [0.29, 0.717) is 0 Å². The van der Waals surface area contributed by atoms with Crippen LogP contribution in [0, 0.1) is 0 Å². The van der Waals surface area contributed by atoms with E-state index in [1.54, 1.807) is 0 Å². The number of nitrogens with one attached hydrogen (secondary N) is 1. The van der Waals surface area contributed by atoms with E-state index in [2.05, 4.69) is 31.9 Å². The van der Waals surface area contributed by atoms with Gasteiger partial charge in [0.25, 0.3) is 0 Å². The Morgan fingerprint density at radius 2 is 2.30 bits per heavy atom. The number of hydrogen-bond acceptors (Lipinski definition) is 5. The predicted molar refractivity (Wildman–Crippen MR) is 67.2 cm³/mol. The van der Waals surface area contributed by atoms with Crippen LogP contribution >= 0.6 is 12.2 Å². The Morgan fingerprint density at radius 1 is 1.65 bits per heavy atom. The first kappa shape index (κ1) is 16.0. The fraction of sp³-hybridized carbons (Fsp3) is 0.300. The van der Waals surface area contributed by atoms with Gasteiger partial charge in [0.1, 0.15) is 11.3 Å². The molecular formula is C10H10F3N3O3S. The molecule has 1 rings (SSSR count). The smallest absolute Gasteiger partial charge is 0.450 e. The van der Waals surface area contributed by atoms with Crippen LogP contribution in [-0.4, -0.2) is 23.9 Å². The van der Waals surface area contributed by atoms with Crippen molar-refractivity contribution in [2.45, 2.75) is 13.1 Å². The summed E-state index contributed by atoms with van der Waals surface area (Å²) in [5.41, 5.74) is 6.48. The second-order valence-corrected chi connectivity index (χ2v) is 3.78. The van der Waals surface area contributed by atoms with Crippen LogP contribution in [0.3, 0.4) is 0 Å². The molecule has 0 aliphatic heterocycles. The predicted octanol–water partition coefficient (Wildman–Crippen LogP) is 1.64. The highest BCUT2D eigenvalue weighted by atomic mass is 32.1. The standard InChI is InChI=1S/C10H10F3N3O3S/c1-2-18-8(17)6-3-5(4-15-16-9(14)20)19-7(6)10(11,12)13/h3-4H,2H2,1H3,(H3,14,16,20)/b15-4+. The number of rotatable bonds is 4. The number of thiocarbonyl (C=S) groups is 1. The molecule has 0 aliphatic rings. The van der Waals surface area contributed by atoms with Gasteiger partial charge in [0, 0.05) is 6.07 Å². The zero-order chi connectivity index (χ0) is 15.3. The highest BCUT2D eigenvalue weighted by molar-refractivity contribution is 7.80. The summed E-state index contributed by atoms with van der Waals surface area (Å²) < 4.78 is 47.2. The molecule has 3 N–H and O–H groups in total. The Morgan fingerprint density at radius 3 is 2.80 bits per heavy atom. The normalized spacial score (nSPS) is 11.6. The van der Waals surface area contributed by atoms with E-state index in [1.165, 1.54) is 6.92 Å². The van der Waals surface area contributed by atoms with Crippen LogP contribution in [0.15, 0.2) is 15.6 Å². The monoisotopic (exact) mass is 309 g/mol. The second kappa shape index (κ2) is 6.37. The van der Waals surface area contributed by atoms with Crippen molar-refractivity contribution in [1.82, 2.24) is 5.43 Å². The van der Waals surface area contributed by atoms with Crippen LogP contribution in [0.5, 0.6) is 0 Å². The molecule has 20 heavy (non-hydrogen) atoms. The minimum Gasteiger partial charge on any atom is -0.462 e. The number of carbonyl (C=O) groups is 1. The molecule has 6 nitrogen and oxygen atoms in total. The maximum Gasteiger partial charge on any atom is 0.450 e. The number of hydrazone groups is 1. The Balaban J connectivity index is 3.09. The minimum atomic E-state index is -4.83. The first-order valence-corrected chi connectivity index (χ1v) is 5.63. The van der Waals surface area contributed by atoms with Gasteiger partial charge in [-0.1, -0.05) is 0 Å². The molecule has 0 unspecified atom stereocenters. The summed E-state index contributed by atoms with van der Waals surface area (Å²) in [4.78, 5) is 11.4. The summed E-state index contributed by atoms with van der Waals surface area (Å²) in [7, 11) is 0. The van der Waals surface area contributed by atoms with Crippen molar-refractivity contribution in [3.8, 4) is 0 Å². The number of halogens is 3. The molecule has 1 aromatic rings. The average molecular weight is 309 g/mol. The molecule has 0 atom stereocenters. The van der Waals surface area contributed by atoms with Crippen molar-refractivity contribution in [2.75, 3.05) is 6.61 Å². The van der Waals surface area contributed by atoms with Gasteiger partial charge in [-0.05, 0) is 19.1 Å². The molecule has 0 bridgehead atoms. The highest BCUT2D eigenvalue weighted by Gasteiger charge is 2.40. The molecule has 0 amide bonds. The summed E-state index contributed by atoms with van der Waals surface area (Å²) in [5.74, 6) is -2.89. The van der Waals surface area contributed by atoms with E-state index in [-0.39, 0.29) is 17.5 Å². The molecule has 0 radical (unpaired) electrons. The lowest BCUT2D eigenvalue weighted by molar-refractivity contribution is -0.153. The quantitative estimate of drug-likeness (QED) is 0.380. The van der Waals surface area contributed by atoms with E-state index in [0.717, 1.165) is 12.3 Å². The SMILES string of the molecule is CCOC(=O)c1cc(/C=N/NC(N)=S)oc1C(F)(F)F. The van der Waals surface area contributed by atoms with Gasteiger partial charge in [-0.3, -0.25) is 5.43 Å². The van der Waals surface area contributed by atoms with Crippen LogP contribution in [0.2, 0.25) is 0 Å². The Hall–Kier alpha value is -2.10. The molecule has 0 aromatic carbocycles. The first-order valence-electron chi connectivity index (χ1n) is 5.22. The Bertz CT molecular complexity index is 540. The summed E-state index contributed by atoms with van der Waals surface area (Å²) in [6, 6.07) is 0.867. The molecular weight excluding hydrogens is 299 g/mol. The molecule has 1 heterocycles. The fourth-order valence-electron chi connectivity index (χ4n) is 1.20. The van der Waals surface area contributed by atoms with E-state index in [9.17, 15) is 18.0 Å². The highest BCUT2D eigenvalue weighted by Crippen LogP contribution is 2.34. The number of carbonyl (C=O) groups excluding carboxylic acids is 1. The molecule has 1 aromatic heterocycles. The van der Waals surface area contributed by atoms with Crippen molar-refractivity contribution >= 4 is 29.5 Å². The van der Waals surface area contributed by atoms with Crippen LogP contribution in [-0.2, 0) is 10.9 Å². The van der Waals surface area contributed by atoms with Gasteiger partial charge in [0.2, 0.25) is 5.76 Å². The van der Waals surface area contributed by atoms with Crippen molar-refractivity contribution in [3.05, 3.63) is 23.2 Å². The van der Waals surface area contributed by atoms with E-state index >= 15 is 0 Å².